The van der Waals surface area contributed by atoms with E-state index in [9.17, 15) is 4.79 Å². The van der Waals surface area contributed by atoms with Gasteiger partial charge in [-0.25, -0.2) is 0 Å². The van der Waals surface area contributed by atoms with Crippen LogP contribution in [0, 0.1) is 0 Å². The Kier molecular flexibility index (Phi) is 4.00. The van der Waals surface area contributed by atoms with Gasteiger partial charge in [0.15, 0.2) is 6.29 Å². The van der Waals surface area contributed by atoms with Crippen molar-refractivity contribution >= 4 is 17.9 Å². The molecule has 0 bridgehead atoms. The molecule has 0 radical (unpaired) electrons. The summed E-state index contributed by atoms with van der Waals surface area (Å²) in [5.41, 5.74) is 0.970. The molecular formula is C9H10ClNO3. The van der Waals surface area contributed by atoms with Gasteiger partial charge in [0.1, 0.15) is 6.10 Å². The summed E-state index contributed by atoms with van der Waals surface area (Å²) < 4.78 is 4.91. The first-order chi connectivity index (χ1) is 6.74. The van der Waals surface area contributed by atoms with Crippen LogP contribution in [-0.4, -0.2) is 23.5 Å². The number of carbonyl (C=O) groups is 1. The Bertz CT molecular complexity index is 330. The third-order valence-corrected chi connectivity index (χ3v) is 2.21. The van der Waals surface area contributed by atoms with Crippen LogP contribution in [0.4, 0.5) is 0 Å². The molecule has 1 heterocycles. The van der Waals surface area contributed by atoms with Gasteiger partial charge in [-0.3, -0.25) is 4.98 Å². The van der Waals surface area contributed by atoms with Gasteiger partial charge >= 0.3 is 0 Å². The number of hydrogen-bond acceptors (Lipinski definition) is 4. The van der Waals surface area contributed by atoms with Crippen molar-refractivity contribution in [1.29, 1.82) is 0 Å². The highest BCUT2D eigenvalue weighted by atomic mass is 35.5. The van der Waals surface area contributed by atoms with E-state index in [2.05, 4.69) is 4.98 Å². The lowest BCUT2D eigenvalue weighted by Gasteiger charge is -2.12. The second-order valence-corrected chi connectivity index (χ2v) is 3.05. The summed E-state index contributed by atoms with van der Waals surface area (Å²) in [6.45, 7) is -0.246. The zero-order chi connectivity index (χ0) is 10.6. The van der Waals surface area contributed by atoms with Gasteiger partial charge in [0.2, 0.25) is 0 Å². The predicted molar refractivity (Wildman–Crippen MR) is 51.0 cm³/mol. The van der Waals surface area contributed by atoms with Gasteiger partial charge in [-0.15, -0.1) is 0 Å². The summed E-state index contributed by atoms with van der Waals surface area (Å²) >= 11 is 5.79. The quantitative estimate of drug-likeness (QED) is 0.765. The van der Waals surface area contributed by atoms with E-state index in [0.29, 0.717) is 22.4 Å². The van der Waals surface area contributed by atoms with Gasteiger partial charge < -0.3 is 14.6 Å². The summed E-state index contributed by atoms with van der Waals surface area (Å²) in [7, 11) is 1.40. The summed E-state index contributed by atoms with van der Waals surface area (Å²) in [5.74, 6) is 0. The highest BCUT2D eigenvalue weighted by Gasteiger charge is 2.15. The highest BCUT2D eigenvalue weighted by Crippen LogP contribution is 2.24. The van der Waals surface area contributed by atoms with Crippen molar-refractivity contribution < 1.29 is 14.6 Å². The molecule has 1 aromatic rings. The molecule has 1 atom stereocenters. The molecule has 1 unspecified atom stereocenters. The summed E-state index contributed by atoms with van der Waals surface area (Å²) in [6, 6.07) is 0. The number of aliphatic hydroxyl groups is 1. The fourth-order valence-corrected chi connectivity index (χ4v) is 1.37. The Labute approximate surface area is 86.5 Å². The molecule has 1 aromatic heterocycles. The van der Waals surface area contributed by atoms with Gasteiger partial charge in [-0.1, -0.05) is 11.6 Å². The van der Waals surface area contributed by atoms with Crippen molar-refractivity contribution in [3.8, 4) is 0 Å². The van der Waals surface area contributed by atoms with Crippen molar-refractivity contribution in [2.45, 2.75) is 12.7 Å². The SMILES string of the molecule is COC(C=O)c1cncc(Cl)c1CO. The predicted octanol–water partition coefficient (Wildman–Crippen LogP) is 1.11. The van der Waals surface area contributed by atoms with Crippen LogP contribution in [-0.2, 0) is 16.1 Å². The first kappa shape index (κ1) is 11.1. The lowest BCUT2D eigenvalue weighted by molar-refractivity contribution is -0.116. The maximum Gasteiger partial charge on any atom is 0.153 e. The van der Waals surface area contributed by atoms with Gasteiger partial charge in [0.25, 0.3) is 0 Å². The number of ether oxygens (including phenoxy) is 1. The Morgan fingerprint density at radius 2 is 2.43 bits per heavy atom. The molecule has 4 nitrogen and oxygen atoms in total. The number of methoxy groups -OCH3 is 1. The number of rotatable bonds is 4. The number of nitrogens with zero attached hydrogens (tertiary/aromatic N) is 1. The number of carbonyl (C=O) groups excluding carboxylic acids is 1. The molecule has 0 fully saturated rings. The van der Waals surface area contributed by atoms with E-state index in [1.54, 1.807) is 0 Å². The Balaban J connectivity index is 3.18. The average Bonchev–Trinajstić information content (AvgIpc) is 2.20. The highest BCUT2D eigenvalue weighted by molar-refractivity contribution is 6.31. The third kappa shape index (κ3) is 2.09. The number of pyridine rings is 1. The smallest absolute Gasteiger partial charge is 0.153 e. The molecule has 0 aromatic carbocycles. The Hall–Kier alpha value is -0.970. The minimum absolute atomic E-state index is 0.246. The largest absolute Gasteiger partial charge is 0.392 e. The molecule has 0 saturated heterocycles. The lowest BCUT2D eigenvalue weighted by Crippen LogP contribution is -2.07. The molecule has 0 saturated carbocycles. The van der Waals surface area contributed by atoms with Crippen LogP contribution in [0.2, 0.25) is 5.02 Å². The van der Waals surface area contributed by atoms with E-state index in [4.69, 9.17) is 21.4 Å². The molecule has 14 heavy (non-hydrogen) atoms. The molecule has 5 heteroatoms. The Morgan fingerprint density at radius 3 is 2.93 bits per heavy atom. The van der Waals surface area contributed by atoms with Crippen molar-refractivity contribution in [2.75, 3.05) is 7.11 Å². The molecule has 1 rings (SSSR count). The van der Waals surface area contributed by atoms with Crippen molar-refractivity contribution in [3.05, 3.63) is 28.5 Å². The second-order valence-electron chi connectivity index (χ2n) is 2.64. The van der Waals surface area contributed by atoms with Crippen LogP contribution in [0.5, 0.6) is 0 Å². The molecule has 0 aliphatic rings. The molecule has 76 valence electrons. The maximum atomic E-state index is 10.6. The minimum atomic E-state index is -0.733. The number of hydrogen-bond donors (Lipinski definition) is 1. The van der Waals surface area contributed by atoms with Crippen LogP contribution in [0.3, 0.4) is 0 Å². The van der Waals surface area contributed by atoms with Crippen LogP contribution < -0.4 is 0 Å². The molecular weight excluding hydrogens is 206 g/mol. The van der Waals surface area contributed by atoms with E-state index in [1.807, 2.05) is 0 Å². The second kappa shape index (κ2) is 5.05. The normalized spacial score (nSPS) is 12.5. The van der Waals surface area contributed by atoms with Crippen molar-refractivity contribution in [1.82, 2.24) is 4.98 Å². The number of aldehydes is 1. The topological polar surface area (TPSA) is 59.4 Å². The van der Waals surface area contributed by atoms with E-state index < -0.39 is 6.10 Å². The number of aliphatic hydroxyl groups excluding tert-OH is 1. The molecule has 0 spiro atoms. The van der Waals surface area contributed by atoms with Crippen LogP contribution in [0.1, 0.15) is 17.2 Å². The molecule has 0 amide bonds. The lowest BCUT2D eigenvalue weighted by atomic mass is 10.1. The van der Waals surface area contributed by atoms with Crippen molar-refractivity contribution in [3.63, 3.8) is 0 Å². The van der Waals surface area contributed by atoms with Crippen molar-refractivity contribution in [2.24, 2.45) is 0 Å². The Morgan fingerprint density at radius 1 is 1.71 bits per heavy atom. The number of aromatic nitrogens is 1. The summed E-state index contributed by atoms with van der Waals surface area (Å²) in [5, 5.41) is 9.38. The zero-order valence-electron chi connectivity index (χ0n) is 7.61. The molecule has 0 aliphatic carbocycles. The average molecular weight is 216 g/mol. The zero-order valence-corrected chi connectivity index (χ0v) is 8.36. The van der Waals surface area contributed by atoms with Gasteiger partial charge in [0, 0.05) is 30.6 Å². The van der Waals surface area contributed by atoms with Crippen LogP contribution in [0.25, 0.3) is 0 Å². The van der Waals surface area contributed by atoms with E-state index in [1.165, 1.54) is 19.5 Å². The van der Waals surface area contributed by atoms with Gasteiger partial charge in [-0.05, 0) is 0 Å². The summed E-state index contributed by atoms with van der Waals surface area (Å²) in [6.07, 6.45) is 2.77. The first-order valence-electron chi connectivity index (χ1n) is 3.95. The fraction of sp³-hybridized carbons (Fsp3) is 0.333. The summed E-state index contributed by atoms with van der Waals surface area (Å²) in [4.78, 5) is 14.5. The van der Waals surface area contributed by atoms with E-state index >= 15 is 0 Å². The van der Waals surface area contributed by atoms with Crippen LogP contribution >= 0.6 is 11.6 Å². The standard InChI is InChI=1S/C9H10ClNO3/c1-14-9(5-13)6-2-11-3-8(10)7(6)4-12/h2-3,5,9,12H,4H2,1H3. The van der Waals surface area contributed by atoms with Crippen LogP contribution in [0.15, 0.2) is 12.4 Å². The third-order valence-electron chi connectivity index (χ3n) is 1.88. The van der Waals surface area contributed by atoms with Gasteiger partial charge in [-0.2, -0.15) is 0 Å². The first-order valence-corrected chi connectivity index (χ1v) is 4.33. The molecule has 0 aliphatic heterocycles. The molecule has 1 N–H and O–H groups in total. The van der Waals surface area contributed by atoms with E-state index in [0.717, 1.165) is 0 Å². The minimum Gasteiger partial charge on any atom is -0.392 e. The maximum absolute atomic E-state index is 10.6. The van der Waals surface area contributed by atoms with E-state index in [-0.39, 0.29) is 6.61 Å². The fourth-order valence-electron chi connectivity index (χ4n) is 1.14. The van der Waals surface area contributed by atoms with Gasteiger partial charge in [0.05, 0.1) is 11.6 Å². The number of halogens is 1. The monoisotopic (exact) mass is 215 g/mol.